The molecule has 0 spiro atoms. The summed E-state index contributed by atoms with van der Waals surface area (Å²) >= 11 is 0. The zero-order valence-electron chi connectivity index (χ0n) is 9.81. The summed E-state index contributed by atoms with van der Waals surface area (Å²) in [6, 6.07) is 0. The van der Waals surface area contributed by atoms with Crippen LogP contribution < -0.4 is 0 Å². The summed E-state index contributed by atoms with van der Waals surface area (Å²) in [6.45, 7) is 2.02. The topological polar surface area (TPSA) is 63.7 Å². The smallest absolute Gasteiger partial charge is 0.148 e. The van der Waals surface area contributed by atoms with E-state index in [2.05, 4.69) is 0 Å². The van der Waals surface area contributed by atoms with Gasteiger partial charge in [-0.1, -0.05) is 0 Å². The van der Waals surface area contributed by atoms with Crippen molar-refractivity contribution >= 4 is 15.6 Å². The standard InChI is InChI=1S/C10H19NO4S/c1-11(4-6-16(2,13)14)7-9-8-15-5-3-10(9)12/h9H,3-8H2,1-2H3. The lowest BCUT2D eigenvalue weighted by Gasteiger charge is -2.25. The van der Waals surface area contributed by atoms with Crippen molar-refractivity contribution in [3.05, 3.63) is 0 Å². The molecule has 0 amide bonds. The van der Waals surface area contributed by atoms with Crippen molar-refractivity contribution in [3.8, 4) is 0 Å². The van der Waals surface area contributed by atoms with E-state index >= 15 is 0 Å². The predicted octanol–water partition coefficient (Wildman–Crippen LogP) is -0.432. The summed E-state index contributed by atoms with van der Waals surface area (Å²) in [6.07, 6.45) is 1.69. The van der Waals surface area contributed by atoms with E-state index < -0.39 is 9.84 Å². The van der Waals surface area contributed by atoms with Gasteiger partial charge in [0.25, 0.3) is 0 Å². The van der Waals surface area contributed by atoms with Crippen LogP contribution in [0.15, 0.2) is 0 Å². The van der Waals surface area contributed by atoms with Crippen LogP contribution in [0, 0.1) is 5.92 Å². The third kappa shape index (κ3) is 5.05. The first-order valence-electron chi connectivity index (χ1n) is 5.35. The van der Waals surface area contributed by atoms with Crippen molar-refractivity contribution in [1.29, 1.82) is 0 Å². The molecular formula is C10H19NO4S. The third-order valence-electron chi connectivity index (χ3n) is 2.64. The average Bonchev–Trinajstić information content (AvgIpc) is 2.18. The molecule has 1 rings (SSSR count). The van der Waals surface area contributed by atoms with Gasteiger partial charge in [0.15, 0.2) is 0 Å². The van der Waals surface area contributed by atoms with Gasteiger partial charge >= 0.3 is 0 Å². The molecule has 0 aromatic heterocycles. The van der Waals surface area contributed by atoms with Gasteiger partial charge < -0.3 is 9.64 Å². The second-order valence-corrected chi connectivity index (χ2v) is 6.64. The molecule has 16 heavy (non-hydrogen) atoms. The maximum atomic E-state index is 11.5. The van der Waals surface area contributed by atoms with Crippen LogP contribution in [0.5, 0.6) is 0 Å². The Labute approximate surface area is 96.7 Å². The monoisotopic (exact) mass is 249 g/mol. The number of ketones is 1. The quantitative estimate of drug-likeness (QED) is 0.661. The van der Waals surface area contributed by atoms with Gasteiger partial charge in [0.05, 0.1) is 24.9 Å². The molecule has 6 heteroatoms. The number of carbonyl (C=O) groups excluding carboxylic acids is 1. The highest BCUT2D eigenvalue weighted by molar-refractivity contribution is 7.90. The summed E-state index contributed by atoms with van der Waals surface area (Å²) < 4.78 is 27.2. The Hall–Kier alpha value is -0.460. The van der Waals surface area contributed by atoms with Crippen molar-refractivity contribution in [3.63, 3.8) is 0 Å². The fraction of sp³-hybridized carbons (Fsp3) is 0.900. The minimum atomic E-state index is -2.93. The van der Waals surface area contributed by atoms with Crippen molar-refractivity contribution in [2.75, 3.05) is 45.4 Å². The highest BCUT2D eigenvalue weighted by Crippen LogP contribution is 2.10. The molecule has 94 valence electrons. The second kappa shape index (κ2) is 5.75. The van der Waals surface area contributed by atoms with E-state index in [0.717, 1.165) is 0 Å². The first-order valence-corrected chi connectivity index (χ1v) is 7.41. The summed E-state index contributed by atoms with van der Waals surface area (Å²) in [5, 5.41) is 0. The maximum absolute atomic E-state index is 11.5. The largest absolute Gasteiger partial charge is 0.380 e. The molecule has 0 N–H and O–H groups in total. The van der Waals surface area contributed by atoms with Crippen LogP contribution in [-0.2, 0) is 19.4 Å². The molecule has 0 radical (unpaired) electrons. The normalized spacial score (nSPS) is 22.7. The number of rotatable bonds is 5. The molecule has 0 saturated carbocycles. The number of Topliss-reactive ketones (excluding diaryl/α,β-unsaturated/α-hetero) is 1. The zero-order valence-corrected chi connectivity index (χ0v) is 10.6. The highest BCUT2D eigenvalue weighted by atomic mass is 32.2. The van der Waals surface area contributed by atoms with Crippen LogP contribution >= 0.6 is 0 Å². The van der Waals surface area contributed by atoms with Crippen molar-refractivity contribution < 1.29 is 17.9 Å². The van der Waals surface area contributed by atoms with Crippen LogP contribution in [0.2, 0.25) is 0 Å². The molecule has 1 saturated heterocycles. The zero-order chi connectivity index (χ0) is 12.2. The lowest BCUT2D eigenvalue weighted by molar-refractivity contribution is -0.131. The number of hydrogen-bond acceptors (Lipinski definition) is 5. The van der Waals surface area contributed by atoms with Crippen molar-refractivity contribution in [1.82, 2.24) is 4.90 Å². The van der Waals surface area contributed by atoms with Gasteiger partial charge in [0, 0.05) is 25.8 Å². The highest BCUT2D eigenvalue weighted by Gasteiger charge is 2.24. The van der Waals surface area contributed by atoms with E-state index in [-0.39, 0.29) is 17.5 Å². The summed E-state index contributed by atoms with van der Waals surface area (Å²) in [5.41, 5.74) is 0. The van der Waals surface area contributed by atoms with E-state index in [1.165, 1.54) is 6.26 Å². The lowest BCUT2D eigenvalue weighted by atomic mass is 10.0. The van der Waals surface area contributed by atoms with Gasteiger partial charge in [-0.3, -0.25) is 4.79 Å². The Morgan fingerprint density at radius 2 is 2.19 bits per heavy atom. The van der Waals surface area contributed by atoms with Crippen LogP contribution in [0.25, 0.3) is 0 Å². The van der Waals surface area contributed by atoms with Gasteiger partial charge in [-0.2, -0.15) is 0 Å². The molecule has 1 heterocycles. The Kier molecular flexibility index (Phi) is 4.89. The summed E-state index contributed by atoms with van der Waals surface area (Å²) in [5.74, 6) is 0.251. The Balaban J connectivity index is 2.33. The minimum absolute atomic E-state index is 0.0988. The van der Waals surface area contributed by atoms with Gasteiger partial charge in [0.2, 0.25) is 0 Å². The van der Waals surface area contributed by atoms with E-state index in [1.807, 2.05) is 11.9 Å². The van der Waals surface area contributed by atoms with Gasteiger partial charge in [-0.25, -0.2) is 8.42 Å². The average molecular weight is 249 g/mol. The van der Waals surface area contributed by atoms with E-state index in [9.17, 15) is 13.2 Å². The summed E-state index contributed by atoms with van der Waals surface area (Å²) in [7, 11) is -1.10. The number of hydrogen-bond donors (Lipinski definition) is 0. The number of nitrogens with zero attached hydrogens (tertiary/aromatic N) is 1. The van der Waals surface area contributed by atoms with E-state index in [0.29, 0.717) is 32.7 Å². The molecule has 0 bridgehead atoms. The number of sulfone groups is 1. The molecule has 5 nitrogen and oxygen atoms in total. The summed E-state index contributed by atoms with van der Waals surface area (Å²) in [4.78, 5) is 13.4. The van der Waals surface area contributed by atoms with Crippen molar-refractivity contribution in [2.24, 2.45) is 5.92 Å². The fourth-order valence-electron chi connectivity index (χ4n) is 1.64. The SMILES string of the molecule is CN(CCS(C)(=O)=O)CC1COCCC1=O. The van der Waals surface area contributed by atoms with E-state index in [4.69, 9.17) is 4.74 Å². The number of ether oxygens (including phenoxy) is 1. The third-order valence-corrected chi connectivity index (χ3v) is 3.57. The first-order chi connectivity index (χ1) is 7.38. The molecular weight excluding hydrogens is 230 g/mol. The first kappa shape index (κ1) is 13.6. The van der Waals surface area contributed by atoms with Crippen LogP contribution in [0.3, 0.4) is 0 Å². The van der Waals surface area contributed by atoms with Gasteiger partial charge in [0.1, 0.15) is 15.6 Å². The Morgan fingerprint density at radius 3 is 2.75 bits per heavy atom. The van der Waals surface area contributed by atoms with Crippen LogP contribution in [0.1, 0.15) is 6.42 Å². The minimum Gasteiger partial charge on any atom is -0.380 e. The molecule has 0 aromatic rings. The maximum Gasteiger partial charge on any atom is 0.148 e. The van der Waals surface area contributed by atoms with E-state index in [1.54, 1.807) is 0 Å². The molecule has 1 aliphatic heterocycles. The van der Waals surface area contributed by atoms with Gasteiger partial charge in [-0.05, 0) is 7.05 Å². The molecule has 0 aromatic carbocycles. The molecule has 0 aliphatic carbocycles. The second-order valence-electron chi connectivity index (χ2n) is 4.38. The van der Waals surface area contributed by atoms with Crippen LogP contribution in [-0.4, -0.2) is 64.5 Å². The Bertz CT molecular complexity index is 339. The van der Waals surface area contributed by atoms with Crippen LogP contribution in [0.4, 0.5) is 0 Å². The van der Waals surface area contributed by atoms with Gasteiger partial charge in [-0.15, -0.1) is 0 Å². The fourth-order valence-corrected chi connectivity index (χ4v) is 2.28. The Morgan fingerprint density at radius 1 is 1.50 bits per heavy atom. The lowest BCUT2D eigenvalue weighted by Crippen LogP contribution is -2.38. The number of carbonyl (C=O) groups is 1. The predicted molar refractivity (Wildman–Crippen MR) is 61.1 cm³/mol. The molecule has 1 aliphatic rings. The molecule has 1 unspecified atom stereocenters. The molecule has 1 atom stereocenters. The molecule has 1 fully saturated rings. The van der Waals surface area contributed by atoms with Crippen molar-refractivity contribution in [2.45, 2.75) is 6.42 Å².